The van der Waals surface area contributed by atoms with Crippen LogP contribution in [0, 0.1) is 0 Å². The molecule has 1 aliphatic heterocycles. The Morgan fingerprint density at radius 3 is 2.70 bits per heavy atom. The minimum absolute atomic E-state index is 0.514. The van der Waals surface area contributed by atoms with Gasteiger partial charge in [0.25, 0.3) is 0 Å². The van der Waals surface area contributed by atoms with Crippen LogP contribution in [0.25, 0.3) is 0 Å². The molecule has 1 aliphatic carbocycles. The van der Waals surface area contributed by atoms with E-state index in [1.807, 2.05) is 13.8 Å². The highest BCUT2D eigenvalue weighted by Gasteiger charge is 2.37. The Balaban J connectivity index is 2.01. The lowest BCUT2D eigenvalue weighted by molar-refractivity contribution is 0.479. The smallest absolute Gasteiger partial charge is 0.154 e. The van der Waals surface area contributed by atoms with Gasteiger partial charge in [0.05, 0.1) is 10.4 Å². The van der Waals surface area contributed by atoms with E-state index in [9.17, 15) is 8.42 Å². The first-order chi connectivity index (χ1) is 9.29. The van der Waals surface area contributed by atoms with E-state index in [0.29, 0.717) is 12.5 Å². The van der Waals surface area contributed by atoms with Crippen LogP contribution in [0.4, 0.5) is 0 Å². The van der Waals surface area contributed by atoms with Crippen molar-refractivity contribution in [1.29, 1.82) is 0 Å². The zero-order valence-electron chi connectivity index (χ0n) is 12.4. The molecule has 6 heteroatoms. The molecule has 2 heterocycles. The molecule has 0 bridgehead atoms. The minimum Gasteiger partial charge on any atom is -0.330 e. The fourth-order valence-corrected chi connectivity index (χ4v) is 3.08. The van der Waals surface area contributed by atoms with Crippen molar-refractivity contribution in [2.24, 2.45) is 0 Å². The Labute approximate surface area is 120 Å². The zero-order valence-corrected chi connectivity index (χ0v) is 13.3. The molecule has 0 radical (unpaired) electrons. The zero-order chi connectivity index (χ0) is 14.5. The normalized spacial score (nSPS) is 19.9. The molecule has 112 valence electrons. The summed E-state index contributed by atoms with van der Waals surface area (Å²) < 4.78 is 25.4. The summed E-state index contributed by atoms with van der Waals surface area (Å²) in [7, 11) is -3.09. The molecule has 0 aromatic carbocycles. The van der Waals surface area contributed by atoms with Gasteiger partial charge in [-0.3, -0.25) is 0 Å². The van der Waals surface area contributed by atoms with E-state index in [1.54, 1.807) is 0 Å². The first kappa shape index (κ1) is 14.1. The fraction of sp³-hybridized carbons (Fsp3) is 0.786. The number of imidazole rings is 1. The van der Waals surface area contributed by atoms with Gasteiger partial charge in [-0.05, 0) is 26.7 Å². The van der Waals surface area contributed by atoms with E-state index >= 15 is 0 Å². The van der Waals surface area contributed by atoms with Gasteiger partial charge in [-0.2, -0.15) is 0 Å². The van der Waals surface area contributed by atoms with Crippen LogP contribution in [0.3, 0.4) is 0 Å². The van der Waals surface area contributed by atoms with Crippen LogP contribution in [0.1, 0.15) is 49.8 Å². The van der Waals surface area contributed by atoms with Crippen molar-refractivity contribution < 1.29 is 8.42 Å². The quantitative estimate of drug-likeness (QED) is 0.908. The van der Waals surface area contributed by atoms with E-state index in [-0.39, 0.29) is 0 Å². The molecule has 1 saturated carbocycles. The van der Waals surface area contributed by atoms with Crippen LogP contribution in [0.5, 0.6) is 0 Å². The summed E-state index contributed by atoms with van der Waals surface area (Å²) in [5, 5.41) is 3.34. The highest BCUT2D eigenvalue weighted by atomic mass is 32.2. The van der Waals surface area contributed by atoms with Crippen molar-refractivity contribution in [3.63, 3.8) is 0 Å². The third-order valence-corrected chi connectivity index (χ3v) is 6.64. The van der Waals surface area contributed by atoms with Gasteiger partial charge in [-0.25, -0.2) is 13.4 Å². The molecule has 1 fully saturated rings. The second-order valence-electron chi connectivity index (χ2n) is 6.68. The largest absolute Gasteiger partial charge is 0.330 e. The summed E-state index contributed by atoms with van der Waals surface area (Å²) in [5.74, 6) is 1.64. The lowest BCUT2D eigenvalue weighted by Crippen LogP contribution is -2.37. The second kappa shape index (κ2) is 4.56. The predicted molar refractivity (Wildman–Crippen MR) is 78.5 cm³/mol. The molecule has 0 atom stereocenters. The molecule has 0 saturated heterocycles. The van der Waals surface area contributed by atoms with Crippen molar-refractivity contribution >= 4 is 9.84 Å². The maximum atomic E-state index is 12.0. The van der Waals surface area contributed by atoms with E-state index < -0.39 is 14.6 Å². The summed E-state index contributed by atoms with van der Waals surface area (Å²) in [6, 6.07) is 0. The van der Waals surface area contributed by atoms with Crippen LogP contribution in [0.2, 0.25) is 0 Å². The molecule has 2 aliphatic rings. The molecule has 0 spiro atoms. The van der Waals surface area contributed by atoms with E-state index in [2.05, 4.69) is 9.88 Å². The van der Waals surface area contributed by atoms with E-state index in [1.165, 1.54) is 24.8 Å². The molecule has 20 heavy (non-hydrogen) atoms. The third kappa shape index (κ3) is 2.39. The molecule has 0 unspecified atom stereocenters. The third-order valence-electron chi connectivity index (χ3n) is 4.50. The van der Waals surface area contributed by atoms with Gasteiger partial charge in [0.2, 0.25) is 0 Å². The van der Waals surface area contributed by atoms with Crippen molar-refractivity contribution in [2.75, 3.05) is 12.8 Å². The Kier molecular flexibility index (Phi) is 3.21. The van der Waals surface area contributed by atoms with Crippen LogP contribution >= 0.6 is 0 Å². The number of hydrogen-bond acceptors (Lipinski definition) is 4. The van der Waals surface area contributed by atoms with Gasteiger partial charge in [0.15, 0.2) is 9.84 Å². The Morgan fingerprint density at radius 1 is 1.40 bits per heavy atom. The van der Waals surface area contributed by atoms with Gasteiger partial charge >= 0.3 is 0 Å². The molecule has 1 aromatic heterocycles. The lowest BCUT2D eigenvalue weighted by atomic mass is 10.1. The molecule has 3 rings (SSSR count). The highest BCUT2D eigenvalue weighted by molar-refractivity contribution is 7.92. The second-order valence-corrected chi connectivity index (χ2v) is 9.33. The number of sulfone groups is 1. The van der Waals surface area contributed by atoms with Gasteiger partial charge in [-0.15, -0.1) is 0 Å². The van der Waals surface area contributed by atoms with Gasteiger partial charge in [0, 0.05) is 43.9 Å². The Morgan fingerprint density at radius 2 is 2.10 bits per heavy atom. The fourth-order valence-electron chi connectivity index (χ4n) is 2.72. The van der Waals surface area contributed by atoms with Crippen LogP contribution in [-0.2, 0) is 29.3 Å². The van der Waals surface area contributed by atoms with Crippen LogP contribution in [0.15, 0.2) is 0 Å². The maximum absolute atomic E-state index is 12.0. The van der Waals surface area contributed by atoms with Crippen molar-refractivity contribution in [3.05, 3.63) is 17.2 Å². The van der Waals surface area contributed by atoms with Gasteiger partial charge in [-0.1, -0.05) is 0 Å². The number of nitrogens with one attached hydrogen (secondary N) is 1. The number of rotatable bonds is 4. The predicted octanol–water partition coefficient (Wildman–Crippen LogP) is 1.23. The van der Waals surface area contributed by atoms with Gasteiger partial charge in [0.1, 0.15) is 5.82 Å². The standard InChI is InChI=1S/C14H23N3O2S/c1-14(2,20(3,18)19)9-17-12-6-7-15-8-11(12)16-13(17)10-4-5-10/h10,15H,4-9H2,1-3H3. The lowest BCUT2D eigenvalue weighted by Gasteiger charge is -2.26. The number of fused-ring (bicyclic) bond motifs is 1. The summed E-state index contributed by atoms with van der Waals surface area (Å²) in [6.07, 6.45) is 4.63. The number of aromatic nitrogens is 2. The topological polar surface area (TPSA) is 64.0 Å². The molecule has 0 amide bonds. The van der Waals surface area contributed by atoms with Crippen molar-refractivity contribution in [1.82, 2.24) is 14.9 Å². The van der Waals surface area contributed by atoms with Crippen LogP contribution in [-0.4, -0.2) is 35.5 Å². The minimum atomic E-state index is -3.09. The van der Waals surface area contributed by atoms with E-state index in [0.717, 1.165) is 31.0 Å². The Hall–Kier alpha value is -0.880. The first-order valence-electron chi connectivity index (χ1n) is 7.28. The SMILES string of the molecule is CC(C)(Cn1c(C2CC2)nc2c1CCNC2)S(C)(=O)=O. The monoisotopic (exact) mass is 297 g/mol. The molecule has 1 aromatic rings. The van der Waals surface area contributed by atoms with E-state index in [4.69, 9.17) is 4.98 Å². The van der Waals surface area contributed by atoms with Crippen molar-refractivity contribution in [3.8, 4) is 0 Å². The summed E-state index contributed by atoms with van der Waals surface area (Å²) in [6.45, 7) is 5.89. The molecule has 5 nitrogen and oxygen atoms in total. The molecular formula is C14H23N3O2S. The number of hydrogen-bond donors (Lipinski definition) is 1. The van der Waals surface area contributed by atoms with Crippen molar-refractivity contribution in [2.45, 2.75) is 56.9 Å². The number of nitrogens with zero attached hydrogens (tertiary/aromatic N) is 2. The first-order valence-corrected chi connectivity index (χ1v) is 9.17. The average Bonchev–Trinajstić information content (AvgIpc) is 3.12. The molecule has 1 N–H and O–H groups in total. The average molecular weight is 297 g/mol. The Bertz CT molecular complexity index is 627. The summed E-state index contributed by atoms with van der Waals surface area (Å²) in [5.41, 5.74) is 2.35. The summed E-state index contributed by atoms with van der Waals surface area (Å²) >= 11 is 0. The molecular weight excluding hydrogens is 274 g/mol. The highest BCUT2D eigenvalue weighted by Crippen LogP contribution is 2.41. The maximum Gasteiger partial charge on any atom is 0.154 e. The van der Waals surface area contributed by atoms with Gasteiger partial charge < -0.3 is 9.88 Å². The summed E-state index contributed by atoms with van der Waals surface area (Å²) in [4.78, 5) is 4.78. The van der Waals surface area contributed by atoms with Crippen LogP contribution < -0.4 is 5.32 Å².